The average Bonchev–Trinajstić information content (AvgIpc) is 2.53. The van der Waals surface area contributed by atoms with E-state index in [-0.39, 0.29) is 24.6 Å². The van der Waals surface area contributed by atoms with E-state index in [2.05, 4.69) is 10.1 Å². The molecule has 0 aliphatic rings. The molecular formula is C18H19NO5. The van der Waals surface area contributed by atoms with Gasteiger partial charge in [0.1, 0.15) is 0 Å². The summed E-state index contributed by atoms with van der Waals surface area (Å²) in [6, 6.07) is 6.69. The van der Waals surface area contributed by atoms with E-state index in [4.69, 9.17) is 0 Å². The van der Waals surface area contributed by atoms with Gasteiger partial charge in [-0.1, -0.05) is 12.1 Å². The third kappa shape index (κ3) is 7.84. The van der Waals surface area contributed by atoms with Crippen molar-refractivity contribution in [3.63, 3.8) is 0 Å². The third-order valence-corrected chi connectivity index (χ3v) is 2.76. The molecule has 0 saturated heterocycles. The highest BCUT2D eigenvalue weighted by Crippen LogP contribution is 2.10. The summed E-state index contributed by atoms with van der Waals surface area (Å²) >= 11 is 0. The van der Waals surface area contributed by atoms with Crippen LogP contribution < -0.4 is 5.32 Å². The highest BCUT2D eigenvalue weighted by molar-refractivity contribution is 6.03. The molecule has 1 rings (SSSR count). The zero-order valence-corrected chi connectivity index (χ0v) is 13.6. The fourth-order valence-corrected chi connectivity index (χ4v) is 1.69. The number of allylic oxidation sites excluding steroid dienone is 2. The molecule has 6 nitrogen and oxygen atoms in total. The van der Waals surface area contributed by atoms with Crippen molar-refractivity contribution in [1.82, 2.24) is 0 Å². The standard InChI is InChI=1S/C18H19NO5/c1-3-24-18(23)11-9-16(21)12-14-5-7-15(8-6-14)19-17(22)10-4-13(2)20/h4-11H,3,12H2,1-2H3,(H,19,22)/b10-4-,11-9+. The number of rotatable bonds is 8. The summed E-state index contributed by atoms with van der Waals surface area (Å²) in [6.07, 6.45) is 4.74. The van der Waals surface area contributed by atoms with E-state index in [0.717, 1.165) is 17.7 Å². The van der Waals surface area contributed by atoms with Gasteiger partial charge in [-0.05, 0) is 43.7 Å². The number of ether oxygens (including phenoxy) is 1. The molecule has 0 spiro atoms. The number of carbonyl (C=O) groups excluding carboxylic acids is 4. The van der Waals surface area contributed by atoms with Crippen LogP contribution >= 0.6 is 0 Å². The highest BCUT2D eigenvalue weighted by Gasteiger charge is 2.03. The minimum atomic E-state index is -0.553. The molecule has 1 aromatic carbocycles. The normalized spacial score (nSPS) is 10.8. The first-order chi connectivity index (χ1) is 11.4. The molecule has 0 aliphatic carbocycles. The molecule has 0 aliphatic heterocycles. The van der Waals surface area contributed by atoms with Gasteiger partial charge >= 0.3 is 5.97 Å². The molecule has 0 saturated carbocycles. The lowest BCUT2D eigenvalue weighted by Crippen LogP contribution is -2.08. The first-order valence-electron chi connectivity index (χ1n) is 7.37. The Morgan fingerprint density at radius 2 is 1.67 bits per heavy atom. The molecule has 0 aromatic heterocycles. The van der Waals surface area contributed by atoms with E-state index < -0.39 is 11.9 Å². The first-order valence-corrected chi connectivity index (χ1v) is 7.37. The van der Waals surface area contributed by atoms with Crippen LogP contribution in [0.5, 0.6) is 0 Å². The summed E-state index contributed by atoms with van der Waals surface area (Å²) in [5, 5.41) is 2.59. The second-order valence-corrected chi connectivity index (χ2v) is 4.86. The van der Waals surface area contributed by atoms with Gasteiger partial charge < -0.3 is 10.1 Å². The number of hydrogen-bond acceptors (Lipinski definition) is 5. The summed E-state index contributed by atoms with van der Waals surface area (Å²) < 4.78 is 4.69. The Balaban J connectivity index is 2.55. The topological polar surface area (TPSA) is 89.5 Å². The first kappa shape index (κ1) is 19.0. The lowest BCUT2D eigenvalue weighted by atomic mass is 10.1. The lowest BCUT2D eigenvalue weighted by molar-refractivity contribution is -0.137. The van der Waals surface area contributed by atoms with Gasteiger partial charge in [-0.2, -0.15) is 0 Å². The van der Waals surface area contributed by atoms with Crippen molar-refractivity contribution < 1.29 is 23.9 Å². The van der Waals surface area contributed by atoms with E-state index in [1.807, 2.05) is 0 Å². The van der Waals surface area contributed by atoms with Gasteiger partial charge in [0.25, 0.3) is 0 Å². The maximum atomic E-state index is 11.7. The van der Waals surface area contributed by atoms with E-state index in [9.17, 15) is 19.2 Å². The average molecular weight is 329 g/mol. The Hall–Kier alpha value is -3.02. The zero-order valence-electron chi connectivity index (χ0n) is 13.6. The van der Waals surface area contributed by atoms with Crippen LogP contribution in [-0.2, 0) is 30.3 Å². The lowest BCUT2D eigenvalue weighted by Gasteiger charge is -2.03. The molecule has 0 heterocycles. The minimum Gasteiger partial charge on any atom is -0.463 e. The van der Waals surface area contributed by atoms with Crippen molar-refractivity contribution in [1.29, 1.82) is 0 Å². The van der Waals surface area contributed by atoms with Gasteiger partial charge in [0.05, 0.1) is 6.61 Å². The summed E-state index contributed by atoms with van der Waals surface area (Å²) in [4.78, 5) is 45.1. The summed E-state index contributed by atoms with van der Waals surface area (Å²) in [5.74, 6) is -1.41. The van der Waals surface area contributed by atoms with Crippen LogP contribution in [-0.4, -0.2) is 30.0 Å². The van der Waals surface area contributed by atoms with Gasteiger partial charge in [0.2, 0.25) is 5.91 Å². The van der Waals surface area contributed by atoms with Crippen molar-refractivity contribution in [2.75, 3.05) is 11.9 Å². The Labute approximate surface area is 140 Å². The summed E-state index contributed by atoms with van der Waals surface area (Å²) in [6.45, 7) is 3.29. The Morgan fingerprint density at radius 1 is 1.00 bits per heavy atom. The smallest absolute Gasteiger partial charge is 0.330 e. The fourth-order valence-electron chi connectivity index (χ4n) is 1.69. The molecule has 6 heteroatoms. The van der Waals surface area contributed by atoms with Crippen LogP contribution in [0.1, 0.15) is 19.4 Å². The molecule has 0 atom stereocenters. The maximum absolute atomic E-state index is 11.7. The van der Waals surface area contributed by atoms with Gasteiger partial charge in [-0.3, -0.25) is 14.4 Å². The Kier molecular flexibility index (Phi) is 7.84. The van der Waals surface area contributed by atoms with Crippen LogP contribution in [0, 0.1) is 0 Å². The molecule has 0 bridgehead atoms. The summed E-state index contributed by atoms with van der Waals surface area (Å²) in [7, 11) is 0. The van der Waals surface area contributed by atoms with E-state index in [1.165, 1.54) is 19.1 Å². The van der Waals surface area contributed by atoms with Crippen LogP contribution in [0.2, 0.25) is 0 Å². The molecule has 126 valence electrons. The Morgan fingerprint density at radius 3 is 2.25 bits per heavy atom. The van der Waals surface area contributed by atoms with Crippen LogP contribution in [0.3, 0.4) is 0 Å². The molecule has 0 fully saturated rings. The SMILES string of the molecule is CCOC(=O)/C=C/C(=O)Cc1ccc(NC(=O)/C=C\C(C)=O)cc1. The number of amides is 1. The van der Waals surface area contributed by atoms with Crippen molar-refractivity contribution in [3.8, 4) is 0 Å². The number of esters is 1. The van der Waals surface area contributed by atoms with E-state index >= 15 is 0 Å². The number of carbonyl (C=O) groups is 4. The quantitative estimate of drug-likeness (QED) is 0.582. The number of anilines is 1. The molecule has 1 N–H and O–H groups in total. The molecule has 0 unspecified atom stereocenters. The predicted molar refractivity (Wildman–Crippen MR) is 89.4 cm³/mol. The van der Waals surface area contributed by atoms with Gasteiger partial charge in [-0.25, -0.2) is 4.79 Å². The van der Waals surface area contributed by atoms with Crippen LogP contribution in [0.25, 0.3) is 0 Å². The fraction of sp³-hybridized carbons (Fsp3) is 0.222. The number of benzene rings is 1. The van der Waals surface area contributed by atoms with Crippen molar-refractivity contribution in [2.45, 2.75) is 20.3 Å². The number of hydrogen-bond donors (Lipinski definition) is 1. The van der Waals surface area contributed by atoms with Crippen LogP contribution in [0.15, 0.2) is 48.6 Å². The van der Waals surface area contributed by atoms with Gasteiger partial charge in [0.15, 0.2) is 11.6 Å². The van der Waals surface area contributed by atoms with Crippen molar-refractivity contribution in [3.05, 3.63) is 54.1 Å². The molecule has 0 radical (unpaired) electrons. The van der Waals surface area contributed by atoms with Crippen LogP contribution in [0.4, 0.5) is 5.69 Å². The van der Waals surface area contributed by atoms with Crippen molar-refractivity contribution in [2.24, 2.45) is 0 Å². The maximum Gasteiger partial charge on any atom is 0.330 e. The molecule has 1 amide bonds. The van der Waals surface area contributed by atoms with Gasteiger partial charge in [-0.15, -0.1) is 0 Å². The minimum absolute atomic E-state index is 0.133. The second-order valence-electron chi connectivity index (χ2n) is 4.86. The zero-order chi connectivity index (χ0) is 17.9. The largest absolute Gasteiger partial charge is 0.463 e. The monoisotopic (exact) mass is 329 g/mol. The highest BCUT2D eigenvalue weighted by atomic mass is 16.5. The molecule has 24 heavy (non-hydrogen) atoms. The Bertz CT molecular complexity index is 671. The summed E-state index contributed by atoms with van der Waals surface area (Å²) in [5.41, 5.74) is 1.29. The van der Waals surface area contributed by atoms with E-state index in [0.29, 0.717) is 5.69 Å². The second kappa shape index (κ2) is 9.89. The third-order valence-electron chi connectivity index (χ3n) is 2.76. The van der Waals surface area contributed by atoms with E-state index in [1.54, 1.807) is 31.2 Å². The molecule has 1 aromatic rings. The van der Waals surface area contributed by atoms with Crippen molar-refractivity contribution >= 4 is 29.1 Å². The molecular weight excluding hydrogens is 310 g/mol. The number of nitrogens with one attached hydrogen (secondary N) is 1. The number of ketones is 2. The van der Waals surface area contributed by atoms with Gasteiger partial charge in [0, 0.05) is 24.3 Å². The predicted octanol–water partition coefficient (Wildman–Crippen LogP) is 2.00.